The number of ether oxygens (including phenoxy) is 1. The van der Waals surface area contributed by atoms with Crippen molar-refractivity contribution in [3.63, 3.8) is 0 Å². The molecule has 4 nitrogen and oxygen atoms in total. The van der Waals surface area contributed by atoms with Crippen molar-refractivity contribution < 1.29 is 9.84 Å². The lowest BCUT2D eigenvalue weighted by Crippen LogP contribution is -2.55. The van der Waals surface area contributed by atoms with Gasteiger partial charge < -0.3 is 9.84 Å². The van der Waals surface area contributed by atoms with Crippen LogP contribution in [-0.2, 0) is 11.3 Å². The Labute approximate surface area is 223 Å². The molecule has 4 heterocycles. The van der Waals surface area contributed by atoms with Gasteiger partial charge in [-0.05, 0) is 94.2 Å². The third-order valence-corrected chi connectivity index (χ3v) is 9.17. The van der Waals surface area contributed by atoms with Crippen LogP contribution in [0.25, 0.3) is 32.4 Å². The number of piperidine rings is 3. The number of rotatable bonds is 6. The van der Waals surface area contributed by atoms with Crippen molar-refractivity contribution in [2.24, 2.45) is 11.8 Å². The van der Waals surface area contributed by atoms with Gasteiger partial charge >= 0.3 is 0 Å². The van der Waals surface area contributed by atoms with E-state index in [4.69, 9.17) is 4.74 Å². The Morgan fingerprint density at radius 1 is 0.947 bits per heavy atom. The van der Waals surface area contributed by atoms with Crippen LogP contribution in [0.4, 0.5) is 0 Å². The van der Waals surface area contributed by atoms with Gasteiger partial charge in [-0.2, -0.15) is 0 Å². The summed E-state index contributed by atoms with van der Waals surface area (Å²) < 4.78 is 7.09. The average Bonchev–Trinajstić information content (AvgIpc) is 2.97. The minimum Gasteiger partial charge on any atom is -0.508 e. The highest BCUT2D eigenvalue weighted by Gasteiger charge is 2.43. The number of aromatic nitrogens is 1. The third-order valence-electron chi connectivity index (χ3n) is 9.17. The number of benzene rings is 4. The zero-order chi connectivity index (χ0) is 25.6. The van der Waals surface area contributed by atoms with Crippen molar-refractivity contribution in [3.05, 3.63) is 96.2 Å². The highest BCUT2D eigenvalue weighted by atomic mass is 16.5. The summed E-state index contributed by atoms with van der Waals surface area (Å²) in [6.07, 6.45) is 5.47. The van der Waals surface area contributed by atoms with E-state index in [1.54, 1.807) is 6.07 Å². The lowest BCUT2D eigenvalue weighted by Gasteiger charge is -2.52. The van der Waals surface area contributed by atoms with Gasteiger partial charge in [-0.3, -0.25) is 9.88 Å². The average molecular weight is 503 g/mol. The summed E-state index contributed by atoms with van der Waals surface area (Å²) >= 11 is 0. The second-order valence-corrected chi connectivity index (χ2v) is 11.1. The number of phenols is 1. The number of phenolic OH excluding ortho intramolecular Hbond substituents is 1. The number of aromatic hydroxyl groups is 1. The Kier molecular flexibility index (Phi) is 6.02. The first-order chi connectivity index (χ1) is 18.7. The molecule has 1 aromatic heterocycles. The predicted molar refractivity (Wildman–Crippen MR) is 154 cm³/mol. The minimum atomic E-state index is -0.111. The second-order valence-electron chi connectivity index (χ2n) is 11.1. The van der Waals surface area contributed by atoms with Crippen molar-refractivity contribution in [3.8, 4) is 5.75 Å². The monoisotopic (exact) mass is 502 g/mol. The maximum atomic E-state index is 10.4. The molecule has 3 aliphatic rings. The van der Waals surface area contributed by atoms with E-state index in [1.165, 1.54) is 39.9 Å². The molecular formula is C34H34N2O2. The van der Waals surface area contributed by atoms with Crippen LogP contribution >= 0.6 is 0 Å². The van der Waals surface area contributed by atoms with Gasteiger partial charge in [0.25, 0.3) is 0 Å². The molecule has 4 unspecified atom stereocenters. The molecule has 0 saturated carbocycles. The molecule has 4 aromatic carbocycles. The van der Waals surface area contributed by atoms with E-state index in [-0.39, 0.29) is 11.9 Å². The van der Waals surface area contributed by atoms with E-state index >= 15 is 0 Å². The molecular weight excluding hydrogens is 468 g/mol. The van der Waals surface area contributed by atoms with Crippen molar-refractivity contribution in [2.75, 3.05) is 13.1 Å². The number of nitrogens with zero attached hydrogens (tertiary/aromatic N) is 2. The second kappa shape index (κ2) is 9.68. The summed E-state index contributed by atoms with van der Waals surface area (Å²) in [5.41, 5.74) is 3.26. The topological polar surface area (TPSA) is 45.6 Å². The minimum absolute atomic E-state index is 0.111. The zero-order valence-corrected chi connectivity index (χ0v) is 21.9. The fraction of sp³-hybridized carbons (Fsp3) is 0.324. The molecule has 5 atom stereocenters. The molecule has 3 saturated heterocycles. The summed E-state index contributed by atoms with van der Waals surface area (Å²) in [4.78, 5) is 7.28. The van der Waals surface area contributed by atoms with Gasteiger partial charge in [0.2, 0.25) is 0 Å². The molecule has 0 amide bonds. The third kappa shape index (κ3) is 4.03. The SMILES string of the molecule is CCC1CN2CCC1CC2[C@@H](OCc1c2ccccc2cc2ccccc12)c1ccnc2ccc(O)cc12. The van der Waals surface area contributed by atoms with Crippen molar-refractivity contribution in [1.82, 2.24) is 9.88 Å². The summed E-state index contributed by atoms with van der Waals surface area (Å²) in [5, 5.41) is 16.3. The van der Waals surface area contributed by atoms with Crippen LogP contribution in [0, 0.1) is 11.8 Å². The number of fused-ring (bicyclic) bond motifs is 6. The molecule has 38 heavy (non-hydrogen) atoms. The molecule has 0 radical (unpaired) electrons. The van der Waals surface area contributed by atoms with E-state index in [2.05, 4.69) is 77.5 Å². The smallest absolute Gasteiger partial charge is 0.116 e. The Morgan fingerprint density at radius 3 is 2.42 bits per heavy atom. The molecule has 4 heteroatoms. The Bertz CT molecular complexity index is 1580. The zero-order valence-electron chi connectivity index (χ0n) is 21.9. The maximum absolute atomic E-state index is 10.4. The Hall–Kier alpha value is -3.47. The first kappa shape index (κ1) is 23.6. The van der Waals surface area contributed by atoms with Crippen LogP contribution in [0.5, 0.6) is 5.75 Å². The summed E-state index contributed by atoms with van der Waals surface area (Å²) in [5.74, 6) is 1.80. The molecule has 5 aromatic rings. The highest BCUT2D eigenvalue weighted by Crippen LogP contribution is 2.45. The van der Waals surface area contributed by atoms with E-state index in [9.17, 15) is 5.11 Å². The van der Waals surface area contributed by atoms with Gasteiger partial charge in [0, 0.05) is 24.2 Å². The Morgan fingerprint density at radius 2 is 1.71 bits per heavy atom. The summed E-state index contributed by atoms with van der Waals surface area (Å²) in [6.45, 7) is 5.15. The fourth-order valence-corrected chi connectivity index (χ4v) is 7.21. The van der Waals surface area contributed by atoms with E-state index in [1.807, 2.05) is 18.3 Å². The van der Waals surface area contributed by atoms with E-state index in [0.29, 0.717) is 12.6 Å². The molecule has 192 valence electrons. The van der Waals surface area contributed by atoms with Crippen LogP contribution in [0.3, 0.4) is 0 Å². The maximum Gasteiger partial charge on any atom is 0.116 e. The van der Waals surface area contributed by atoms with Gasteiger partial charge in [0.1, 0.15) is 5.75 Å². The van der Waals surface area contributed by atoms with Crippen LogP contribution in [0.15, 0.2) is 85.1 Å². The van der Waals surface area contributed by atoms with Crippen LogP contribution < -0.4 is 0 Å². The molecule has 3 fully saturated rings. The summed E-state index contributed by atoms with van der Waals surface area (Å²) in [7, 11) is 0. The van der Waals surface area contributed by atoms with Crippen molar-refractivity contribution >= 4 is 32.4 Å². The molecule has 0 aliphatic carbocycles. The quantitative estimate of drug-likeness (QED) is 0.243. The van der Waals surface area contributed by atoms with Crippen LogP contribution in [0.2, 0.25) is 0 Å². The lowest BCUT2D eigenvalue weighted by molar-refractivity contribution is -0.0875. The fourth-order valence-electron chi connectivity index (χ4n) is 7.21. The van der Waals surface area contributed by atoms with E-state index < -0.39 is 0 Å². The molecule has 1 N–H and O–H groups in total. The standard InChI is InChI=1S/C34H34N2O2/c1-2-22-20-36-16-14-23(22)18-33(36)34(29-13-15-35-32-12-11-26(37)19-30(29)32)38-21-31-27-9-5-3-7-24(27)17-25-8-4-6-10-28(25)31/h3-13,15,17,19,22-23,33-34,37H,2,14,16,18,20-21H2,1H3/t22?,23?,33?,34-/m0/s1. The van der Waals surface area contributed by atoms with Gasteiger partial charge in [-0.15, -0.1) is 0 Å². The molecule has 0 spiro atoms. The summed E-state index contributed by atoms with van der Waals surface area (Å²) in [6, 6.07) is 27.4. The number of hydrogen-bond donors (Lipinski definition) is 1. The predicted octanol–water partition coefficient (Wildman–Crippen LogP) is 7.63. The molecule has 2 bridgehead atoms. The van der Waals surface area contributed by atoms with E-state index in [0.717, 1.165) is 47.8 Å². The van der Waals surface area contributed by atoms with Gasteiger partial charge in [-0.1, -0.05) is 61.9 Å². The number of hydrogen-bond acceptors (Lipinski definition) is 4. The van der Waals surface area contributed by atoms with Gasteiger partial charge in [0.15, 0.2) is 0 Å². The van der Waals surface area contributed by atoms with Crippen molar-refractivity contribution in [1.29, 1.82) is 0 Å². The van der Waals surface area contributed by atoms with Crippen LogP contribution in [-0.4, -0.2) is 34.1 Å². The lowest BCUT2D eigenvalue weighted by atomic mass is 9.72. The van der Waals surface area contributed by atoms with Gasteiger partial charge in [-0.25, -0.2) is 0 Å². The number of pyridine rings is 1. The molecule has 3 aliphatic heterocycles. The van der Waals surface area contributed by atoms with Gasteiger partial charge in [0.05, 0.1) is 18.2 Å². The first-order valence-corrected chi connectivity index (χ1v) is 14.0. The van der Waals surface area contributed by atoms with Crippen molar-refractivity contribution in [2.45, 2.75) is 44.9 Å². The van der Waals surface area contributed by atoms with Crippen LogP contribution in [0.1, 0.15) is 43.4 Å². The first-order valence-electron chi connectivity index (χ1n) is 14.0. The normalized spacial score (nSPS) is 23.8. The highest BCUT2D eigenvalue weighted by molar-refractivity contribution is 6.02. The Balaban J connectivity index is 1.33. The largest absolute Gasteiger partial charge is 0.508 e. The molecule has 8 rings (SSSR count).